The first-order chi connectivity index (χ1) is 9.44. The fourth-order valence-corrected chi connectivity index (χ4v) is 4.95. The topological polar surface area (TPSA) is 101 Å². The molecular formula is C11H17N3O4S2. The van der Waals surface area contributed by atoms with E-state index in [1.807, 2.05) is 0 Å². The zero-order chi connectivity index (χ0) is 14.8. The van der Waals surface area contributed by atoms with Crippen LogP contribution < -0.4 is 10.0 Å². The number of anilines is 1. The van der Waals surface area contributed by atoms with E-state index < -0.39 is 14.9 Å². The molecule has 0 unspecified atom stereocenters. The van der Waals surface area contributed by atoms with Crippen molar-refractivity contribution in [1.82, 2.24) is 4.72 Å². The smallest absolute Gasteiger partial charge is 0.304 e. The minimum Gasteiger partial charge on any atom is -0.372 e. The molecule has 0 bridgehead atoms. The number of nitro groups is 1. The van der Waals surface area contributed by atoms with Crippen LogP contribution in [0.15, 0.2) is 10.3 Å². The van der Waals surface area contributed by atoms with Gasteiger partial charge in [-0.1, -0.05) is 24.2 Å². The Bertz CT molecular complexity index is 591. The molecule has 1 saturated carbocycles. The molecule has 20 heavy (non-hydrogen) atoms. The van der Waals surface area contributed by atoms with Gasteiger partial charge in [-0.25, -0.2) is 13.1 Å². The van der Waals surface area contributed by atoms with Crippen LogP contribution in [0, 0.1) is 10.1 Å². The summed E-state index contributed by atoms with van der Waals surface area (Å²) in [5.74, 6) is 0. The van der Waals surface area contributed by atoms with Crippen LogP contribution in [-0.4, -0.2) is 25.9 Å². The van der Waals surface area contributed by atoms with E-state index in [1.54, 1.807) is 6.92 Å². The van der Waals surface area contributed by atoms with E-state index in [-0.39, 0.29) is 20.9 Å². The minimum atomic E-state index is -3.67. The molecule has 0 spiro atoms. The zero-order valence-electron chi connectivity index (χ0n) is 11.1. The maximum atomic E-state index is 12.2. The van der Waals surface area contributed by atoms with E-state index in [1.165, 1.54) is 0 Å². The lowest BCUT2D eigenvalue weighted by Gasteiger charge is -2.10. The number of sulfonamides is 1. The van der Waals surface area contributed by atoms with E-state index in [2.05, 4.69) is 10.0 Å². The second kappa shape index (κ2) is 6.06. The minimum absolute atomic E-state index is 0.00736. The van der Waals surface area contributed by atoms with Gasteiger partial charge >= 0.3 is 5.69 Å². The van der Waals surface area contributed by atoms with Crippen molar-refractivity contribution < 1.29 is 13.3 Å². The molecule has 2 N–H and O–H groups in total. The van der Waals surface area contributed by atoms with E-state index in [4.69, 9.17) is 0 Å². The molecule has 0 atom stereocenters. The van der Waals surface area contributed by atoms with E-state index in [0.717, 1.165) is 43.1 Å². The largest absolute Gasteiger partial charge is 0.372 e. The van der Waals surface area contributed by atoms with Crippen molar-refractivity contribution in [2.45, 2.75) is 42.9 Å². The van der Waals surface area contributed by atoms with Gasteiger partial charge in [0.1, 0.15) is 4.21 Å². The molecule has 1 aromatic rings. The van der Waals surface area contributed by atoms with Gasteiger partial charge in [-0.2, -0.15) is 0 Å². The first-order valence-electron chi connectivity index (χ1n) is 6.48. The van der Waals surface area contributed by atoms with E-state index in [9.17, 15) is 18.5 Å². The third kappa shape index (κ3) is 3.28. The first kappa shape index (κ1) is 15.2. The van der Waals surface area contributed by atoms with Crippen molar-refractivity contribution in [2.24, 2.45) is 0 Å². The molecule has 9 heteroatoms. The highest BCUT2D eigenvalue weighted by molar-refractivity contribution is 7.91. The maximum absolute atomic E-state index is 12.2. The van der Waals surface area contributed by atoms with Gasteiger partial charge in [-0.05, 0) is 19.8 Å². The lowest BCUT2D eigenvalue weighted by atomic mass is 10.3. The van der Waals surface area contributed by atoms with Crippen molar-refractivity contribution in [3.8, 4) is 0 Å². The molecule has 1 aliphatic carbocycles. The Morgan fingerprint density at radius 1 is 1.45 bits per heavy atom. The summed E-state index contributed by atoms with van der Waals surface area (Å²) in [6.45, 7) is 2.30. The second-order valence-corrected chi connectivity index (χ2v) is 7.66. The Hall–Kier alpha value is -1.19. The average Bonchev–Trinajstić information content (AvgIpc) is 2.98. The van der Waals surface area contributed by atoms with Gasteiger partial charge in [0.15, 0.2) is 5.00 Å². The van der Waals surface area contributed by atoms with Crippen LogP contribution >= 0.6 is 11.3 Å². The molecule has 1 fully saturated rings. The summed E-state index contributed by atoms with van der Waals surface area (Å²) in [6.07, 6.45) is 3.68. The first-order valence-corrected chi connectivity index (χ1v) is 8.78. The average molecular weight is 319 g/mol. The highest BCUT2D eigenvalue weighted by atomic mass is 32.2. The molecule has 1 aliphatic rings. The summed E-state index contributed by atoms with van der Waals surface area (Å²) >= 11 is 0.899. The van der Waals surface area contributed by atoms with Gasteiger partial charge in [0.05, 0.1) is 4.92 Å². The highest BCUT2D eigenvalue weighted by Gasteiger charge is 2.28. The van der Waals surface area contributed by atoms with Gasteiger partial charge in [0, 0.05) is 18.7 Å². The summed E-state index contributed by atoms with van der Waals surface area (Å²) in [5.41, 5.74) is -0.191. The van der Waals surface area contributed by atoms with Crippen LogP contribution in [0.5, 0.6) is 0 Å². The molecule has 0 amide bonds. The van der Waals surface area contributed by atoms with Gasteiger partial charge in [-0.3, -0.25) is 10.1 Å². The number of hydrogen-bond donors (Lipinski definition) is 2. The Kier molecular flexibility index (Phi) is 4.61. The SMILES string of the molecule is CCNc1sc(S(=O)(=O)NC2CCCC2)cc1[N+](=O)[O-]. The Balaban J connectivity index is 2.26. The third-order valence-corrected chi connectivity index (χ3v) is 6.24. The number of nitrogens with zero attached hydrogens (tertiary/aromatic N) is 1. The van der Waals surface area contributed by atoms with Crippen molar-refractivity contribution in [3.05, 3.63) is 16.2 Å². The fraction of sp³-hybridized carbons (Fsp3) is 0.636. The molecule has 0 aromatic carbocycles. The Morgan fingerprint density at radius 2 is 2.10 bits per heavy atom. The summed E-state index contributed by atoms with van der Waals surface area (Å²) in [4.78, 5) is 10.4. The van der Waals surface area contributed by atoms with Crippen molar-refractivity contribution >= 4 is 32.0 Å². The normalized spacial score (nSPS) is 16.4. The van der Waals surface area contributed by atoms with Gasteiger partial charge < -0.3 is 5.32 Å². The number of nitrogens with one attached hydrogen (secondary N) is 2. The Labute approximate surface area is 121 Å². The van der Waals surface area contributed by atoms with Crippen LogP contribution in [0.1, 0.15) is 32.6 Å². The van der Waals surface area contributed by atoms with Crippen LogP contribution in [0.25, 0.3) is 0 Å². The van der Waals surface area contributed by atoms with Crippen molar-refractivity contribution in [2.75, 3.05) is 11.9 Å². The highest BCUT2D eigenvalue weighted by Crippen LogP contribution is 2.37. The molecular weight excluding hydrogens is 302 g/mol. The lowest BCUT2D eigenvalue weighted by molar-refractivity contribution is -0.383. The molecule has 1 heterocycles. The molecule has 7 nitrogen and oxygen atoms in total. The summed E-state index contributed by atoms with van der Waals surface area (Å²) < 4.78 is 27.1. The molecule has 0 aliphatic heterocycles. The van der Waals surface area contributed by atoms with Crippen molar-refractivity contribution in [3.63, 3.8) is 0 Å². The van der Waals surface area contributed by atoms with Crippen LogP contribution in [0.3, 0.4) is 0 Å². The van der Waals surface area contributed by atoms with Gasteiger partial charge in [-0.15, -0.1) is 0 Å². The summed E-state index contributed by atoms with van der Waals surface area (Å²) in [5, 5.41) is 14.0. The molecule has 1 aromatic heterocycles. The predicted octanol–water partition coefficient (Wildman–Crippen LogP) is 2.31. The Morgan fingerprint density at radius 3 is 2.65 bits per heavy atom. The van der Waals surface area contributed by atoms with Gasteiger partial charge in [0.2, 0.25) is 0 Å². The molecule has 0 saturated heterocycles. The van der Waals surface area contributed by atoms with Crippen molar-refractivity contribution in [1.29, 1.82) is 0 Å². The zero-order valence-corrected chi connectivity index (χ0v) is 12.7. The van der Waals surface area contributed by atoms with Gasteiger partial charge in [0.25, 0.3) is 10.0 Å². The predicted molar refractivity (Wildman–Crippen MR) is 77.7 cm³/mol. The van der Waals surface area contributed by atoms with Crippen LogP contribution in [0.2, 0.25) is 0 Å². The monoisotopic (exact) mass is 319 g/mol. The maximum Gasteiger partial charge on any atom is 0.304 e. The number of rotatable bonds is 6. The third-order valence-electron chi connectivity index (χ3n) is 3.17. The van der Waals surface area contributed by atoms with E-state index >= 15 is 0 Å². The second-order valence-electron chi connectivity index (χ2n) is 4.67. The summed E-state index contributed by atoms with van der Waals surface area (Å²) in [7, 11) is -3.67. The summed E-state index contributed by atoms with van der Waals surface area (Å²) in [6, 6.07) is 1.07. The molecule has 112 valence electrons. The number of thiophene rings is 1. The quantitative estimate of drug-likeness (QED) is 0.619. The number of hydrogen-bond acceptors (Lipinski definition) is 6. The standard InChI is InChI=1S/C11H17N3O4S2/c1-2-12-11-9(14(15)16)7-10(19-11)20(17,18)13-8-5-3-4-6-8/h7-8,12-13H,2-6H2,1H3. The lowest BCUT2D eigenvalue weighted by Crippen LogP contribution is -2.32. The van der Waals surface area contributed by atoms with Crippen LogP contribution in [0.4, 0.5) is 10.7 Å². The van der Waals surface area contributed by atoms with Crippen LogP contribution in [-0.2, 0) is 10.0 Å². The fourth-order valence-electron chi connectivity index (χ4n) is 2.24. The molecule has 2 rings (SSSR count). The van der Waals surface area contributed by atoms with E-state index in [0.29, 0.717) is 6.54 Å². The molecule has 0 radical (unpaired) electrons.